The minimum Gasteiger partial charge on any atom is -0.371 e. The quantitative estimate of drug-likeness (QED) is 0.754. The molecule has 1 atom stereocenters. The molecule has 30 heavy (non-hydrogen) atoms. The smallest absolute Gasteiger partial charge is 0.249 e. The lowest BCUT2D eigenvalue weighted by Crippen LogP contribution is -2.50. The number of amides is 1. The Labute approximate surface area is 177 Å². The number of hydrogen-bond acceptors (Lipinski definition) is 3. The number of piperidine rings is 3. The number of nitrogens with zero attached hydrogens (tertiary/aromatic N) is 2. The second-order valence-corrected chi connectivity index (χ2v) is 9.07. The van der Waals surface area contributed by atoms with Gasteiger partial charge in [0.15, 0.2) is 0 Å². The first-order valence-electron chi connectivity index (χ1n) is 11.1. The third-order valence-corrected chi connectivity index (χ3v) is 7.30. The monoisotopic (exact) mass is 408 g/mol. The molecule has 3 saturated heterocycles. The zero-order valence-electron chi connectivity index (χ0n) is 17.4. The van der Waals surface area contributed by atoms with Crippen molar-refractivity contribution >= 4 is 5.91 Å². The van der Waals surface area contributed by atoms with Gasteiger partial charge in [-0.2, -0.15) is 0 Å². The Bertz CT molecular complexity index is 892. The van der Waals surface area contributed by atoms with Crippen LogP contribution in [-0.2, 0) is 16.0 Å². The van der Waals surface area contributed by atoms with Crippen molar-refractivity contribution < 1.29 is 13.9 Å². The van der Waals surface area contributed by atoms with E-state index in [0.717, 1.165) is 37.2 Å². The number of hydrogen-bond donors (Lipinski definition) is 0. The molecule has 0 radical (unpaired) electrons. The van der Waals surface area contributed by atoms with Crippen molar-refractivity contribution in [1.82, 2.24) is 9.80 Å². The highest BCUT2D eigenvalue weighted by Crippen LogP contribution is 2.40. The molecule has 0 saturated carbocycles. The third kappa shape index (κ3) is 3.77. The van der Waals surface area contributed by atoms with Gasteiger partial charge in [-0.1, -0.05) is 36.4 Å². The van der Waals surface area contributed by atoms with Crippen molar-refractivity contribution in [3.8, 4) is 0 Å². The van der Waals surface area contributed by atoms with E-state index in [4.69, 9.17) is 4.74 Å². The predicted molar refractivity (Wildman–Crippen MR) is 114 cm³/mol. The van der Waals surface area contributed by atoms with Crippen LogP contribution in [0.25, 0.3) is 0 Å². The number of carbonyl (C=O) groups is 1. The summed E-state index contributed by atoms with van der Waals surface area (Å²) >= 11 is 0. The Balaban J connectivity index is 1.31. The normalized spacial score (nSPS) is 27.7. The molecular weight excluding hydrogens is 379 g/mol. The van der Waals surface area contributed by atoms with Crippen LogP contribution in [0, 0.1) is 11.2 Å². The molecule has 2 aromatic rings. The molecule has 1 amide bonds. The predicted octanol–water partition coefficient (Wildman–Crippen LogP) is 3.80. The summed E-state index contributed by atoms with van der Waals surface area (Å²) in [5.41, 5.74) is 3.58. The average molecular weight is 409 g/mol. The van der Waals surface area contributed by atoms with E-state index in [1.807, 2.05) is 17.0 Å². The Morgan fingerprint density at radius 2 is 1.70 bits per heavy atom. The maximum Gasteiger partial charge on any atom is 0.249 e. The molecule has 2 bridgehead atoms. The average Bonchev–Trinajstić information content (AvgIpc) is 2.80. The zero-order chi connectivity index (χ0) is 20.6. The van der Waals surface area contributed by atoms with Gasteiger partial charge in [-0.05, 0) is 79.6 Å². The molecule has 3 fully saturated rings. The first kappa shape index (κ1) is 19.7. The fraction of sp³-hybridized carbons (Fsp3) is 0.480. The Morgan fingerprint density at radius 1 is 1.00 bits per heavy atom. The van der Waals surface area contributed by atoms with Crippen molar-refractivity contribution in [2.75, 3.05) is 39.4 Å². The fourth-order valence-corrected chi connectivity index (χ4v) is 5.39. The van der Waals surface area contributed by atoms with Gasteiger partial charge in [-0.25, -0.2) is 4.39 Å². The molecule has 0 aliphatic carbocycles. The lowest BCUT2D eigenvalue weighted by atomic mass is 9.73. The highest BCUT2D eigenvalue weighted by Gasteiger charge is 2.40. The number of benzene rings is 2. The second kappa shape index (κ2) is 8.12. The van der Waals surface area contributed by atoms with E-state index in [9.17, 15) is 9.18 Å². The van der Waals surface area contributed by atoms with E-state index in [2.05, 4.69) is 17.0 Å². The van der Waals surface area contributed by atoms with Crippen molar-refractivity contribution in [3.05, 3.63) is 71.0 Å². The van der Waals surface area contributed by atoms with Gasteiger partial charge in [0.25, 0.3) is 0 Å². The van der Waals surface area contributed by atoms with Crippen molar-refractivity contribution in [2.45, 2.75) is 31.7 Å². The summed E-state index contributed by atoms with van der Waals surface area (Å²) in [6.45, 7) is 4.93. The van der Waals surface area contributed by atoms with Crippen molar-refractivity contribution in [1.29, 1.82) is 0 Å². The number of halogens is 1. The summed E-state index contributed by atoms with van der Waals surface area (Å²) in [4.78, 5) is 17.7. The lowest BCUT2D eigenvalue weighted by Gasteiger charge is -2.48. The second-order valence-electron chi connectivity index (χ2n) is 9.07. The van der Waals surface area contributed by atoms with Gasteiger partial charge in [0.1, 0.15) is 12.4 Å². The Morgan fingerprint density at radius 3 is 2.43 bits per heavy atom. The van der Waals surface area contributed by atoms with E-state index in [1.54, 1.807) is 12.1 Å². The minimum absolute atomic E-state index is 0.0171. The van der Waals surface area contributed by atoms with Gasteiger partial charge in [-0.15, -0.1) is 0 Å². The van der Waals surface area contributed by atoms with Crippen LogP contribution in [0.3, 0.4) is 0 Å². The van der Waals surface area contributed by atoms with E-state index >= 15 is 0 Å². The van der Waals surface area contributed by atoms with Crippen LogP contribution in [0.4, 0.5) is 4.39 Å². The number of ether oxygens (including phenoxy) is 1. The molecule has 0 unspecified atom stereocenters. The van der Waals surface area contributed by atoms with Crippen LogP contribution < -0.4 is 0 Å². The van der Waals surface area contributed by atoms with Gasteiger partial charge in [-0.3, -0.25) is 4.79 Å². The molecule has 6 rings (SSSR count). The van der Waals surface area contributed by atoms with Crippen molar-refractivity contribution in [3.63, 3.8) is 0 Å². The summed E-state index contributed by atoms with van der Waals surface area (Å²) < 4.78 is 19.5. The van der Waals surface area contributed by atoms with Crippen LogP contribution in [0.1, 0.15) is 42.0 Å². The third-order valence-electron chi connectivity index (χ3n) is 7.30. The lowest BCUT2D eigenvalue weighted by molar-refractivity contribution is -0.141. The fourth-order valence-electron chi connectivity index (χ4n) is 5.39. The summed E-state index contributed by atoms with van der Waals surface area (Å²) in [5, 5.41) is 0. The summed E-state index contributed by atoms with van der Waals surface area (Å²) in [7, 11) is 0. The zero-order valence-corrected chi connectivity index (χ0v) is 17.4. The standard InChI is InChI=1S/C25H29FN2O2/c26-21-7-5-20(6-8-21)24-22-4-2-1-3-19(22)9-13-28(24)23(29)17-30-18-25-10-14-27(15-11-25)16-12-25/h1-8,24H,9-18H2/t24-/m0/s1. The van der Waals surface area contributed by atoms with Crippen LogP contribution in [0.5, 0.6) is 0 Å². The molecule has 4 heterocycles. The Hall–Kier alpha value is -2.24. The largest absolute Gasteiger partial charge is 0.371 e. The molecule has 0 N–H and O–H groups in total. The van der Waals surface area contributed by atoms with Crippen LogP contribution in [0.2, 0.25) is 0 Å². The van der Waals surface area contributed by atoms with Gasteiger partial charge in [0, 0.05) is 6.54 Å². The number of rotatable bonds is 5. The highest BCUT2D eigenvalue weighted by atomic mass is 19.1. The maximum atomic E-state index is 13.5. The minimum atomic E-state index is -0.262. The van der Waals surface area contributed by atoms with Crippen LogP contribution >= 0.6 is 0 Å². The molecule has 0 aromatic heterocycles. The van der Waals surface area contributed by atoms with E-state index in [-0.39, 0.29) is 29.8 Å². The number of fused-ring (bicyclic) bond motifs is 4. The molecule has 4 nitrogen and oxygen atoms in total. The summed E-state index contributed by atoms with van der Waals surface area (Å²) in [6.07, 6.45) is 4.36. The van der Waals surface area contributed by atoms with Crippen LogP contribution in [-0.4, -0.2) is 55.1 Å². The first-order chi connectivity index (χ1) is 14.6. The Kier molecular flexibility index (Phi) is 5.34. The molecular formula is C25H29FN2O2. The van der Waals surface area contributed by atoms with Crippen LogP contribution in [0.15, 0.2) is 48.5 Å². The first-order valence-corrected chi connectivity index (χ1v) is 11.1. The van der Waals surface area contributed by atoms with E-state index in [0.29, 0.717) is 13.2 Å². The SMILES string of the molecule is O=C(COCC12CCN(CC1)CC2)N1CCc2ccccc2[C@@H]1c1ccc(F)cc1. The summed E-state index contributed by atoms with van der Waals surface area (Å²) in [6, 6.07) is 14.6. The van der Waals surface area contributed by atoms with Gasteiger partial charge in [0.05, 0.1) is 12.6 Å². The molecule has 158 valence electrons. The molecule has 2 aromatic carbocycles. The van der Waals surface area contributed by atoms with Crippen molar-refractivity contribution in [2.24, 2.45) is 5.41 Å². The molecule has 4 aliphatic rings. The summed E-state index contributed by atoms with van der Waals surface area (Å²) in [5.74, 6) is -0.245. The number of carbonyl (C=O) groups excluding carboxylic acids is 1. The highest BCUT2D eigenvalue weighted by molar-refractivity contribution is 5.79. The molecule has 4 aliphatic heterocycles. The maximum absolute atomic E-state index is 13.5. The van der Waals surface area contributed by atoms with Gasteiger partial charge >= 0.3 is 0 Å². The van der Waals surface area contributed by atoms with Gasteiger partial charge < -0.3 is 14.5 Å². The van der Waals surface area contributed by atoms with E-state index < -0.39 is 0 Å². The molecule has 0 spiro atoms. The topological polar surface area (TPSA) is 32.8 Å². The molecule has 5 heteroatoms. The van der Waals surface area contributed by atoms with E-state index in [1.165, 1.54) is 37.0 Å². The van der Waals surface area contributed by atoms with Gasteiger partial charge in [0.2, 0.25) is 5.91 Å².